The molecule has 1 saturated carbocycles. The minimum Gasteiger partial charge on any atom is -0.390 e. The third kappa shape index (κ3) is 0.955. The van der Waals surface area contributed by atoms with Crippen molar-refractivity contribution in [3.8, 4) is 0 Å². The number of ether oxygens (including phenoxy) is 1. The highest BCUT2D eigenvalue weighted by Crippen LogP contribution is 2.47. The molecule has 6 heteroatoms. The Balaban J connectivity index is 2.25. The van der Waals surface area contributed by atoms with Crippen molar-refractivity contribution in [2.45, 2.75) is 43.2 Å². The molecule has 2 unspecified atom stereocenters. The van der Waals surface area contributed by atoms with Gasteiger partial charge in [0.2, 0.25) is 0 Å². The van der Waals surface area contributed by atoms with Crippen LogP contribution >= 0.6 is 0 Å². The van der Waals surface area contributed by atoms with Gasteiger partial charge in [0.1, 0.15) is 23.9 Å². The van der Waals surface area contributed by atoms with Crippen molar-refractivity contribution in [1.82, 2.24) is 0 Å². The Morgan fingerprint density at radius 1 is 1.07 bits per heavy atom. The van der Waals surface area contributed by atoms with E-state index in [1.54, 1.807) is 0 Å². The maximum atomic E-state index is 9.92. The number of aliphatic hydroxyl groups is 5. The van der Waals surface area contributed by atoms with Crippen LogP contribution in [0.25, 0.3) is 0 Å². The summed E-state index contributed by atoms with van der Waals surface area (Å²) in [7, 11) is 0. The number of fused-ring (bicyclic) bond motifs is 1. The molecule has 0 amide bonds. The quantitative estimate of drug-likeness (QED) is 0.292. The molecule has 82 valence electrons. The summed E-state index contributed by atoms with van der Waals surface area (Å²) in [5.41, 5.74) is -1.67. The maximum absolute atomic E-state index is 9.92. The highest BCUT2D eigenvalue weighted by Gasteiger charge is 2.68. The lowest BCUT2D eigenvalue weighted by Gasteiger charge is -2.60. The summed E-state index contributed by atoms with van der Waals surface area (Å²) in [5.74, 6) is -0.593. The van der Waals surface area contributed by atoms with Gasteiger partial charge in [0.05, 0.1) is 6.10 Å². The first kappa shape index (κ1) is 10.3. The molecule has 0 aromatic heterocycles. The second kappa shape index (κ2) is 2.88. The van der Waals surface area contributed by atoms with Crippen molar-refractivity contribution in [3.05, 3.63) is 0 Å². The first-order valence-electron chi connectivity index (χ1n) is 4.50. The second-order valence-corrected chi connectivity index (χ2v) is 4.05. The van der Waals surface area contributed by atoms with Crippen LogP contribution in [0.2, 0.25) is 0 Å². The summed E-state index contributed by atoms with van der Waals surface area (Å²) in [6.45, 7) is 1.54. The highest BCUT2D eigenvalue weighted by atomic mass is 16.6. The minimum absolute atomic E-state index is 0.593. The van der Waals surface area contributed by atoms with Crippen LogP contribution in [0.1, 0.15) is 6.92 Å². The van der Waals surface area contributed by atoms with Crippen LogP contribution in [-0.4, -0.2) is 61.8 Å². The molecule has 0 spiro atoms. The molecule has 1 aliphatic heterocycles. The van der Waals surface area contributed by atoms with Crippen molar-refractivity contribution >= 4 is 0 Å². The van der Waals surface area contributed by atoms with Crippen molar-refractivity contribution < 1.29 is 30.3 Å². The van der Waals surface area contributed by atoms with E-state index in [2.05, 4.69) is 0 Å². The average Bonchev–Trinajstić information content (AvgIpc) is 2.19. The fraction of sp³-hybridized carbons (Fsp3) is 1.00. The molecule has 2 fully saturated rings. The molecular weight excluding hydrogens is 192 g/mol. The first-order chi connectivity index (χ1) is 6.40. The van der Waals surface area contributed by atoms with Crippen LogP contribution in [0.4, 0.5) is 0 Å². The van der Waals surface area contributed by atoms with Gasteiger partial charge in [-0.25, -0.2) is 0 Å². The van der Waals surface area contributed by atoms with E-state index in [0.29, 0.717) is 0 Å². The SMILES string of the molecule is CC1C(O)[C@H]2O[C@@H](O)[C@H](O)[C@@H](O)[C@@]12O. The predicted molar refractivity (Wildman–Crippen MR) is 43.0 cm³/mol. The Bertz CT molecular complexity index is 238. The number of aliphatic hydroxyl groups excluding tert-OH is 4. The van der Waals surface area contributed by atoms with Gasteiger partial charge in [-0.15, -0.1) is 0 Å². The lowest BCUT2D eigenvalue weighted by Crippen LogP contribution is -2.80. The third-order valence-electron chi connectivity index (χ3n) is 3.38. The molecule has 0 bridgehead atoms. The van der Waals surface area contributed by atoms with E-state index < -0.39 is 42.2 Å². The molecule has 0 aromatic carbocycles. The normalized spacial score (nSPS) is 63.0. The molecule has 5 N–H and O–H groups in total. The summed E-state index contributed by atoms with van der Waals surface area (Å²) in [4.78, 5) is 0. The summed E-state index contributed by atoms with van der Waals surface area (Å²) >= 11 is 0. The molecule has 0 radical (unpaired) electrons. The number of hydrogen-bond acceptors (Lipinski definition) is 6. The van der Waals surface area contributed by atoms with Gasteiger partial charge in [-0.05, 0) is 0 Å². The number of hydrogen-bond donors (Lipinski definition) is 5. The highest BCUT2D eigenvalue weighted by molar-refractivity contribution is 5.17. The number of rotatable bonds is 0. The molecule has 0 aromatic rings. The molecular formula is C8H14O6. The second-order valence-electron chi connectivity index (χ2n) is 4.05. The predicted octanol–water partition coefficient (Wildman–Crippen LogP) is -2.83. The lowest BCUT2D eigenvalue weighted by atomic mass is 9.60. The molecule has 1 heterocycles. The Hall–Kier alpha value is -0.240. The summed E-state index contributed by atoms with van der Waals surface area (Å²) in [5, 5.41) is 47.3. The van der Waals surface area contributed by atoms with Crippen molar-refractivity contribution in [1.29, 1.82) is 0 Å². The topological polar surface area (TPSA) is 110 Å². The molecule has 2 rings (SSSR count). The largest absolute Gasteiger partial charge is 0.390 e. The zero-order chi connectivity index (χ0) is 10.7. The lowest BCUT2D eigenvalue weighted by molar-refractivity contribution is -0.391. The average molecular weight is 206 g/mol. The van der Waals surface area contributed by atoms with Crippen LogP contribution in [-0.2, 0) is 4.74 Å². The van der Waals surface area contributed by atoms with E-state index in [1.807, 2.05) is 0 Å². The summed E-state index contributed by atoms with van der Waals surface area (Å²) in [6, 6.07) is 0. The van der Waals surface area contributed by atoms with Gasteiger partial charge in [-0.3, -0.25) is 0 Å². The van der Waals surface area contributed by atoms with E-state index >= 15 is 0 Å². The Kier molecular flexibility index (Phi) is 2.11. The van der Waals surface area contributed by atoms with Gasteiger partial charge >= 0.3 is 0 Å². The van der Waals surface area contributed by atoms with Crippen LogP contribution in [0.5, 0.6) is 0 Å². The van der Waals surface area contributed by atoms with Gasteiger partial charge in [-0.1, -0.05) is 6.92 Å². The monoisotopic (exact) mass is 206 g/mol. The fourth-order valence-electron chi connectivity index (χ4n) is 2.24. The van der Waals surface area contributed by atoms with E-state index in [-0.39, 0.29) is 0 Å². The van der Waals surface area contributed by atoms with Crippen LogP contribution in [0.15, 0.2) is 0 Å². The minimum atomic E-state index is -1.67. The van der Waals surface area contributed by atoms with Gasteiger partial charge in [0.25, 0.3) is 0 Å². The van der Waals surface area contributed by atoms with E-state index in [1.165, 1.54) is 6.92 Å². The molecule has 1 saturated heterocycles. The Morgan fingerprint density at radius 3 is 2.21 bits per heavy atom. The summed E-state index contributed by atoms with van der Waals surface area (Å²) in [6.07, 6.45) is -6.60. The maximum Gasteiger partial charge on any atom is 0.184 e. The standard InChI is InChI=1S/C8H14O6/c1-2-3(9)6-8(2,13)5(11)4(10)7(12)14-6/h2-7,9-13H,1H3/t2?,3?,4-,5-,6-,7-,8+/m1/s1. The van der Waals surface area contributed by atoms with Gasteiger partial charge in [0.15, 0.2) is 6.29 Å². The zero-order valence-corrected chi connectivity index (χ0v) is 7.61. The third-order valence-corrected chi connectivity index (χ3v) is 3.38. The first-order valence-corrected chi connectivity index (χ1v) is 4.50. The Labute approximate surface area is 80.4 Å². The van der Waals surface area contributed by atoms with Crippen molar-refractivity contribution in [2.24, 2.45) is 5.92 Å². The molecule has 7 atom stereocenters. The van der Waals surface area contributed by atoms with Crippen LogP contribution in [0.3, 0.4) is 0 Å². The smallest absolute Gasteiger partial charge is 0.184 e. The van der Waals surface area contributed by atoms with Gasteiger partial charge < -0.3 is 30.3 Å². The van der Waals surface area contributed by atoms with Crippen molar-refractivity contribution in [3.63, 3.8) is 0 Å². The van der Waals surface area contributed by atoms with Crippen molar-refractivity contribution in [2.75, 3.05) is 0 Å². The zero-order valence-electron chi connectivity index (χ0n) is 7.61. The van der Waals surface area contributed by atoms with E-state index in [0.717, 1.165) is 0 Å². The van der Waals surface area contributed by atoms with Gasteiger partial charge in [-0.2, -0.15) is 0 Å². The van der Waals surface area contributed by atoms with Crippen LogP contribution < -0.4 is 0 Å². The molecule has 1 aliphatic carbocycles. The Morgan fingerprint density at radius 2 is 1.64 bits per heavy atom. The summed E-state index contributed by atoms with van der Waals surface area (Å²) < 4.78 is 4.80. The van der Waals surface area contributed by atoms with E-state index in [9.17, 15) is 20.4 Å². The molecule has 2 aliphatic rings. The fourth-order valence-corrected chi connectivity index (χ4v) is 2.24. The van der Waals surface area contributed by atoms with Gasteiger partial charge in [0, 0.05) is 5.92 Å². The molecule has 6 nitrogen and oxygen atoms in total. The molecule has 14 heavy (non-hydrogen) atoms. The van der Waals surface area contributed by atoms with E-state index in [4.69, 9.17) is 9.84 Å². The van der Waals surface area contributed by atoms with Crippen LogP contribution in [0, 0.1) is 5.92 Å².